The first-order valence-electron chi connectivity index (χ1n) is 5.46. The zero-order valence-corrected chi connectivity index (χ0v) is 11.0. The lowest BCUT2D eigenvalue weighted by Crippen LogP contribution is -2.34. The Hall–Kier alpha value is -1.38. The van der Waals surface area contributed by atoms with Crippen LogP contribution >= 0.6 is 11.6 Å². The van der Waals surface area contributed by atoms with Crippen molar-refractivity contribution in [2.75, 3.05) is 6.54 Å². The average Bonchev–Trinajstić information content (AvgIpc) is 2.34. The van der Waals surface area contributed by atoms with Crippen molar-refractivity contribution in [3.63, 3.8) is 0 Å². The van der Waals surface area contributed by atoms with E-state index in [1.165, 1.54) is 6.92 Å². The van der Waals surface area contributed by atoms with Crippen molar-refractivity contribution in [2.45, 2.75) is 25.3 Å². The van der Waals surface area contributed by atoms with Gasteiger partial charge in [0.1, 0.15) is 17.4 Å². The smallest absolute Gasteiger partial charge is 0.388 e. The number of hydrogen-bond donors (Lipinski definition) is 3. The number of amides is 1. The summed E-state index contributed by atoms with van der Waals surface area (Å²) in [6.07, 6.45) is -6.89. The minimum Gasteiger partial charge on any atom is -0.388 e. The second kappa shape index (κ2) is 6.38. The van der Waals surface area contributed by atoms with Gasteiger partial charge in [0, 0.05) is 25.2 Å². The van der Waals surface area contributed by atoms with Crippen molar-refractivity contribution in [2.24, 2.45) is 0 Å². The van der Waals surface area contributed by atoms with Crippen LogP contribution in [-0.2, 0) is 11.0 Å². The molecule has 0 aromatic carbocycles. The van der Waals surface area contributed by atoms with Crippen molar-refractivity contribution in [1.29, 1.82) is 0 Å². The molecule has 0 saturated heterocycles. The Morgan fingerprint density at radius 1 is 1.50 bits per heavy atom. The maximum absolute atomic E-state index is 12.6. The van der Waals surface area contributed by atoms with E-state index in [1.54, 1.807) is 0 Å². The number of nitrogens with zero attached hydrogens (tertiary/aromatic N) is 1. The van der Waals surface area contributed by atoms with Gasteiger partial charge in [0.2, 0.25) is 5.91 Å². The number of alkyl halides is 3. The lowest BCUT2D eigenvalue weighted by atomic mass is 10.0. The molecule has 0 saturated carbocycles. The van der Waals surface area contributed by atoms with Gasteiger partial charge in [0.15, 0.2) is 0 Å². The monoisotopic (exact) mass is 312 g/mol. The van der Waals surface area contributed by atoms with Crippen molar-refractivity contribution in [1.82, 2.24) is 10.3 Å². The van der Waals surface area contributed by atoms with Crippen LogP contribution in [0.4, 0.5) is 13.2 Å². The molecule has 0 bridgehead atoms. The highest BCUT2D eigenvalue weighted by molar-refractivity contribution is 6.30. The third-order valence-corrected chi connectivity index (χ3v) is 2.73. The van der Waals surface area contributed by atoms with Crippen LogP contribution in [0.3, 0.4) is 0 Å². The first kappa shape index (κ1) is 16.7. The molecule has 112 valence electrons. The van der Waals surface area contributed by atoms with Crippen molar-refractivity contribution < 1.29 is 28.2 Å². The summed E-state index contributed by atoms with van der Waals surface area (Å²) >= 11 is 5.34. The van der Waals surface area contributed by atoms with Crippen LogP contribution in [0.1, 0.15) is 24.2 Å². The van der Waals surface area contributed by atoms with Gasteiger partial charge in [0.05, 0.1) is 5.56 Å². The van der Waals surface area contributed by atoms with Gasteiger partial charge >= 0.3 is 6.18 Å². The van der Waals surface area contributed by atoms with Crippen molar-refractivity contribution in [3.05, 3.63) is 28.5 Å². The zero-order valence-electron chi connectivity index (χ0n) is 10.3. The third kappa shape index (κ3) is 4.32. The quantitative estimate of drug-likeness (QED) is 0.732. The maximum Gasteiger partial charge on any atom is 0.419 e. The van der Waals surface area contributed by atoms with Gasteiger partial charge in [-0.1, -0.05) is 11.6 Å². The van der Waals surface area contributed by atoms with E-state index in [2.05, 4.69) is 10.3 Å². The lowest BCUT2D eigenvalue weighted by molar-refractivity contribution is -0.137. The van der Waals surface area contributed by atoms with Crippen LogP contribution in [0.15, 0.2) is 12.3 Å². The SMILES string of the molecule is CC(=O)NCC(O)C(O)c1cnc(Cl)c(C(F)(F)F)c1. The molecule has 3 N–H and O–H groups in total. The van der Waals surface area contributed by atoms with Crippen LogP contribution < -0.4 is 5.32 Å². The molecule has 0 aliphatic carbocycles. The van der Waals surface area contributed by atoms with E-state index in [4.69, 9.17) is 11.6 Å². The van der Waals surface area contributed by atoms with Gasteiger partial charge in [0.25, 0.3) is 0 Å². The van der Waals surface area contributed by atoms with E-state index in [-0.39, 0.29) is 12.1 Å². The Balaban J connectivity index is 2.94. The Labute approximate surface area is 117 Å². The molecule has 0 radical (unpaired) electrons. The fraction of sp³-hybridized carbons (Fsp3) is 0.455. The number of aliphatic hydroxyl groups excluding tert-OH is 2. The predicted molar refractivity (Wildman–Crippen MR) is 63.9 cm³/mol. The van der Waals surface area contributed by atoms with E-state index in [9.17, 15) is 28.2 Å². The van der Waals surface area contributed by atoms with Gasteiger partial charge in [-0.15, -0.1) is 0 Å². The van der Waals surface area contributed by atoms with Gasteiger partial charge in [-0.25, -0.2) is 4.98 Å². The molecular formula is C11H12ClF3N2O3. The Bertz CT molecular complexity index is 496. The molecule has 2 unspecified atom stereocenters. The van der Waals surface area contributed by atoms with E-state index in [0.717, 1.165) is 6.20 Å². The minimum atomic E-state index is -4.72. The molecule has 0 fully saturated rings. The molecule has 5 nitrogen and oxygen atoms in total. The van der Waals surface area contributed by atoms with E-state index in [0.29, 0.717) is 6.07 Å². The second-order valence-corrected chi connectivity index (χ2v) is 4.41. The van der Waals surface area contributed by atoms with Crippen molar-refractivity contribution >= 4 is 17.5 Å². The maximum atomic E-state index is 12.6. The molecule has 9 heteroatoms. The molecule has 1 rings (SSSR count). The van der Waals surface area contributed by atoms with Crippen LogP contribution in [0.5, 0.6) is 0 Å². The summed E-state index contributed by atoms with van der Waals surface area (Å²) in [5.74, 6) is -0.443. The summed E-state index contributed by atoms with van der Waals surface area (Å²) in [7, 11) is 0. The Kier molecular flexibility index (Phi) is 5.32. The Morgan fingerprint density at radius 2 is 2.10 bits per heavy atom. The summed E-state index contributed by atoms with van der Waals surface area (Å²) in [5, 5.41) is 20.8. The number of pyridine rings is 1. The first-order chi connectivity index (χ1) is 9.12. The van der Waals surface area contributed by atoms with Crippen LogP contribution in [-0.4, -0.2) is 33.8 Å². The number of carbonyl (C=O) groups excluding carboxylic acids is 1. The number of halogens is 4. The number of nitrogens with one attached hydrogen (secondary N) is 1. The standard InChI is InChI=1S/C11H12ClF3N2O3/c1-5(18)16-4-8(19)9(20)6-2-7(11(13,14)15)10(12)17-3-6/h2-3,8-9,19-20H,4H2,1H3,(H,16,18). The molecule has 1 aromatic heterocycles. The average molecular weight is 313 g/mol. The molecule has 20 heavy (non-hydrogen) atoms. The molecular weight excluding hydrogens is 301 g/mol. The van der Waals surface area contributed by atoms with Gasteiger partial charge in [-0.2, -0.15) is 13.2 Å². The van der Waals surface area contributed by atoms with Crippen LogP contribution in [0.25, 0.3) is 0 Å². The van der Waals surface area contributed by atoms with Gasteiger partial charge in [-0.05, 0) is 6.07 Å². The highest BCUT2D eigenvalue weighted by Crippen LogP contribution is 2.35. The van der Waals surface area contributed by atoms with E-state index < -0.39 is 35.0 Å². The van der Waals surface area contributed by atoms with E-state index in [1.807, 2.05) is 0 Å². The summed E-state index contributed by atoms with van der Waals surface area (Å²) in [6.45, 7) is 0.894. The largest absolute Gasteiger partial charge is 0.419 e. The molecule has 1 heterocycles. The Morgan fingerprint density at radius 3 is 2.60 bits per heavy atom. The minimum absolute atomic E-state index is 0.250. The van der Waals surface area contributed by atoms with Gasteiger partial charge < -0.3 is 15.5 Å². The van der Waals surface area contributed by atoms with E-state index >= 15 is 0 Å². The number of rotatable bonds is 4. The summed E-state index contributed by atoms with van der Waals surface area (Å²) in [6, 6.07) is 0.608. The zero-order chi connectivity index (χ0) is 15.5. The predicted octanol–water partition coefficient (Wildman–Crippen LogP) is 1.28. The van der Waals surface area contributed by atoms with Crippen molar-refractivity contribution in [3.8, 4) is 0 Å². The molecule has 2 atom stereocenters. The molecule has 0 aliphatic rings. The molecule has 1 amide bonds. The number of hydrogen-bond acceptors (Lipinski definition) is 4. The fourth-order valence-corrected chi connectivity index (χ4v) is 1.62. The van der Waals surface area contributed by atoms with Crippen LogP contribution in [0, 0.1) is 0 Å². The fourth-order valence-electron chi connectivity index (χ4n) is 1.41. The van der Waals surface area contributed by atoms with Gasteiger partial charge in [-0.3, -0.25) is 4.79 Å². The normalized spacial score (nSPS) is 14.8. The topological polar surface area (TPSA) is 82.5 Å². The third-order valence-electron chi connectivity index (χ3n) is 2.43. The highest BCUT2D eigenvalue weighted by Gasteiger charge is 2.35. The highest BCUT2D eigenvalue weighted by atomic mass is 35.5. The molecule has 0 aliphatic heterocycles. The number of aliphatic hydroxyl groups is 2. The molecule has 0 spiro atoms. The second-order valence-electron chi connectivity index (χ2n) is 4.05. The molecule has 1 aromatic rings. The van der Waals surface area contributed by atoms with Crippen LogP contribution in [0.2, 0.25) is 5.15 Å². The summed E-state index contributed by atoms with van der Waals surface area (Å²) in [5.41, 5.74) is -1.46. The number of carbonyl (C=O) groups is 1. The first-order valence-corrected chi connectivity index (χ1v) is 5.84. The summed E-state index contributed by atoms with van der Waals surface area (Å²) < 4.78 is 37.9. The summed E-state index contributed by atoms with van der Waals surface area (Å²) in [4.78, 5) is 14.0. The number of aromatic nitrogens is 1. The lowest BCUT2D eigenvalue weighted by Gasteiger charge is -2.19.